The first-order valence-corrected chi connectivity index (χ1v) is 5.91. The topological polar surface area (TPSA) is 29.5 Å². The predicted molar refractivity (Wildman–Crippen MR) is 66.5 cm³/mol. The second kappa shape index (κ2) is 5.46. The fourth-order valence-corrected chi connectivity index (χ4v) is 1.78. The number of benzene rings is 2. The molecule has 2 rings (SSSR count). The van der Waals surface area contributed by atoms with E-state index in [2.05, 4.69) is 15.9 Å². The van der Waals surface area contributed by atoms with Gasteiger partial charge in [0.05, 0.1) is 11.1 Å². The molecule has 0 saturated heterocycles. The van der Waals surface area contributed by atoms with Crippen LogP contribution in [-0.4, -0.2) is 5.11 Å². The lowest BCUT2D eigenvalue weighted by molar-refractivity contribution is 0.280. The van der Waals surface area contributed by atoms with E-state index in [0.717, 1.165) is 6.07 Å². The molecule has 18 heavy (non-hydrogen) atoms. The normalized spacial score (nSPS) is 10.4. The van der Waals surface area contributed by atoms with Crippen molar-refractivity contribution in [1.29, 1.82) is 0 Å². The van der Waals surface area contributed by atoms with E-state index in [-0.39, 0.29) is 18.1 Å². The van der Waals surface area contributed by atoms with Crippen molar-refractivity contribution in [2.24, 2.45) is 0 Å². The van der Waals surface area contributed by atoms with Crippen LogP contribution in [0.25, 0.3) is 0 Å². The molecule has 0 saturated carbocycles. The minimum absolute atomic E-state index is 0.199. The molecule has 0 radical (unpaired) electrons. The summed E-state index contributed by atoms with van der Waals surface area (Å²) in [6.45, 7) is -0.293. The average molecular weight is 315 g/mol. The van der Waals surface area contributed by atoms with Crippen LogP contribution in [0.3, 0.4) is 0 Å². The highest BCUT2D eigenvalue weighted by molar-refractivity contribution is 9.10. The molecule has 0 unspecified atom stereocenters. The van der Waals surface area contributed by atoms with Crippen LogP contribution in [0.5, 0.6) is 11.5 Å². The van der Waals surface area contributed by atoms with Crippen molar-refractivity contribution in [2.45, 2.75) is 6.61 Å². The first kappa shape index (κ1) is 13.0. The summed E-state index contributed by atoms with van der Waals surface area (Å²) in [5, 5.41) is 8.96. The Labute approximate surface area is 111 Å². The average Bonchev–Trinajstić information content (AvgIpc) is 2.33. The van der Waals surface area contributed by atoms with E-state index >= 15 is 0 Å². The highest BCUT2D eigenvalue weighted by Gasteiger charge is 2.07. The van der Waals surface area contributed by atoms with Crippen molar-refractivity contribution in [3.8, 4) is 11.5 Å². The van der Waals surface area contributed by atoms with Gasteiger partial charge < -0.3 is 9.84 Å². The van der Waals surface area contributed by atoms with Gasteiger partial charge >= 0.3 is 0 Å². The second-order valence-corrected chi connectivity index (χ2v) is 4.48. The van der Waals surface area contributed by atoms with Gasteiger partial charge in [0.15, 0.2) is 0 Å². The van der Waals surface area contributed by atoms with E-state index in [4.69, 9.17) is 9.84 Å². The summed E-state index contributed by atoms with van der Waals surface area (Å²) in [4.78, 5) is 0. The molecule has 0 aliphatic rings. The van der Waals surface area contributed by atoms with Gasteiger partial charge in [0.1, 0.15) is 23.1 Å². The van der Waals surface area contributed by atoms with Gasteiger partial charge in [-0.3, -0.25) is 0 Å². The fourth-order valence-electron chi connectivity index (χ4n) is 1.45. The summed E-state index contributed by atoms with van der Waals surface area (Å²) in [6.07, 6.45) is 0. The fraction of sp³-hybridized carbons (Fsp3) is 0.0769. The maximum atomic E-state index is 13.2. The van der Waals surface area contributed by atoms with E-state index in [1.807, 2.05) is 0 Å². The molecule has 0 spiro atoms. The lowest BCUT2D eigenvalue weighted by atomic mass is 10.2. The molecular formula is C13H9BrF2O2. The zero-order chi connectivity index (χ0) is 13.1. The zero-order valence-corrected chi connectivity index (χ0v) is 10.7. The number of aliphatic hydroxyl groups excluding tert-OH is 1. The molecular weight excluding hydrogens is 306 g/mol. The first-order valence-electron chi connectivity index (χ1n) is 5.12. The molecule has 0 atom stereocenters. The lowest BCUT2D eigenvalue weighted by Gasteiger charge is -2.09. The smallest absolute Gasteiger partial charge is 0.144 e. The molecule has 2 aromatic carbocycles. The van der Waals surface area contributed by atoms with Crippen LogP contribution < -0.4 is 4.74 Å². The van der Waals surface area contributed by atoms with Gasteiger partial charge in [-0.15, -0.1) is 0 Å². The summed E-state index contributed by atoms with van der Waals surface area (Å²) in [5.41, 5.74) is 0.387. The second-order valence-electron chi connectivity index (χ2n) is 3.63. The Morgan fingerprint density at radius 1 is 1.06 bits per heavy atom. The van der Waals surface area contributed by atoms with Gasteiger partial charge in [0.2, 0.25) is 0 Å². The first-order chi connectivity index (χ1) is 8.58. The van der Waals surface area contributed by atoms with Gasteiger partial charge in [-0.05, 0) is 45.8 Å². The molecule has 0 amide bonds. The molecule has 0 fully saturated rings. The number of hydrogen-bond donors (Lipinski definition) is 1. The molecule has 1 N–H and O–H groups in total. The Kier molecular flexibility index (Phi) is 3.93. The molecule has 5 heteroatoms. The summed E-state index contributed by atoms with van der Waals surface area (Å²) >= 11 is 3.21. The van der Waals surface area contributed by atoms with Crippen molar-refractivity contribution in [3.05, 3.63) is 58.1 Å². The Morgan fingerprint density at radius 3 is 2.56 bits per heavy atom. The molecule has 94 valence electrons. The Bertz CT molecular complexity index is 573. The third-order valence-corrected chi connectivity index (χ3v) is 2.89. The van der Waals surface area contributed by atoms with Crippen LogP contribution in [0, 0.1) is 11.6 Å². The Hall–Kier alpha value is -1.46. The monoisotopic (exact) mass is 314 g/mol. The van der Waals surface area contributed by atoms with Crippen LogP contribution in [0.1, 0.15) is 5.56 Å². The predicted octanol–water partition coefficient (Wildman–Crippen LogP) is 4.01. The van der Waals surface area contributed by atoms with E-state index in [9.17, 15) is 8.78 Å². The lowest BCUT2D eigenvalue weighted by Crippen LogP contribution is -1.91. The van der Waals surface area contributed by atoms with Crippen LogP contribution in [0.4, 0.5) is 8.78 Å². The summed E-state index contributed by atoms with van der Waals surface area (Å²) < 4.78 is 32.2. The van der Waals surface area contributed by atoms with Gasteiger partial charge in [-0.25, -0.2) is 8.78 Å². The maximum Gasteiger partial charge on any atom is 0.144 e. The van der Waals surface area contributed by atoms with Crippen molar-refractivity contribution < 1.29 is 18.6 Å². The summed E-state index contributed by atoms with van der Waals surface area (Å²) in [5.74, 6) is -0.536. The minimum Gasteiger partial charge on any atom is -0.456 e. The minimum atomic E-state index is -0.524. The van der Waals surface area contributed by atoms with Crippen LogP contribution in [-0.2, 0) is 6.61 Å². The molecule has 2 aromatic rings. The number of halogens is 3. The van der Waals surface area contributed by atoms with Gasteiger partial charge in [-0.1, -0.05) is 0 Å². The third-order valence-electron chi connectivity index (χ3n) is 2.23. The highest BCUT2D eigenvalue weighted by Crippen LogP contribution is 2.31. The van der Waals surface area contributed by atoms with Crippen molar-refractivity contribution in [1.82, 2.24) is 0 Å². The van der Waals surface area contributed by atoms with Gasteiger partial charge in [0.25, 0.3) is 0 Å². The molecule has 2 nitrogen and oxygen atoms in total. The van der Waals surface area contributed by atoms with E-state index in [1.54, 1.807) is 0 Å². The van der Waals surface area contributed by atoms with Crippen LogP contribution in [0.15, 0.2) is 40.9 Å². The largest absolute Gasteiger partial charge is 0.456 e. The number of ether oxygens (including phenoxy) is 1. The molecule has 0 aliphatic heterocycles. The molecule has 0 aromatic heterocycles. The van der Waals surface area contributed by atoms with Crippen LogP contribution in [0.2, 0.25) is 0 Å². The molecule has 0 heterocycles. The molecule has 0 bridgehead atoms. The number of hydrogen-bond acceptors (Lipinski definition) is 2. The van der Waals surface area contributed by atoms with Gasteiger partial charge in [0, 0.05) is 12.1 Å². The zero-order valence-electron chi connectivity index (χ0n) is 9.16. The van der Waals surface area contributed by atoms with Crippen molar-refractivity contribution >= 4 is 15.9 Å². The molecule has 0 aliphatic carbocycles. The van der Waals surface area contributed by atoms with E-state index in [1.165, 1.54) is 30.3 Å². The Morgan fingerprint density at radius 2 is 1.83 bits per heavy atom. The van der Waals surface area contributed by atoms with Crippen molar-refractivity contribution in [2.75, 3.05) is 0 Å². The van der Waals surface area contributed by atoms with E-state index < -0.39 is 11.6 Å². The van der Waals surface area contributed by atoms with Crippen molar-refractivity contribution in [3.63, 3.8) is 0 Å². The summed E-state index contributed by atoms with van der Waals surface area (Å²) in [7, 11) is 0. The van der Waals surface area contributed by atoms with E-state index in [0.29, 0.717) is 10.0 Å². The number of aliphatic hydroxyl groups is 1. The summed E-state index contributed by atoms with van der Waals surface area (Å²) in [6, 6.07) is 7.82. The Balaban J connectivity index is 2.33. The highest BCUT2D eigenvalue weighted by atomic mass is 79.9. The number of rotatable bonds is 3. The third kappa shape index (κ3) is 3.05. The SMILES string of the molecule is OCc1cc(F)cc(Oc2cc(F)ccc2Br)c1. The van der Waals surface area contributed by atoms with Gasteiger partial charge in [-0.2, -0.15) is 0 Å². The quantitative estimate of drug-likeness (QED) is 0.927. The van der Waals surface area contributed by atoms with Crippen LogP contribution >= 0.6 is 15.9 Å². The maximum absolute atomic E-state index is 13.2. The standard InChI is InChI=1S/C13H9BrF2O2/c14-12-2-1-9(15)6-13(12)18-11-4-8(7-17)3-10(16)5-11/h1-6,17H,7H2.